The number of aliphatic hydroxyl groups excluding tert-OH is 1. The van der Waals surface area contributed by atoms with Gasteiger partial charge >= 0.3 is 0 Å². The van der Waals surface area contributed by atoms with Crippen LogP contribution in [0.5, 0.6) is 5.75 Å². The summed E-state index contributed by atoms with van der Waals surface area (Å²) in [6, 6.07) is 7.09. The molecule has 1 aliphatic carbocycles. The number of rotatable bonds is 5. The molecular weight excluding hydrogens is 322 g/mol. The van der Waals surface area contributed by atoms with Crippen molar-refractivity contribution in [3.63, 3.8) is 0 Å². The minimum atomic E-state index is -0.125. The highest BCUT2D eigenvalue weighted by atomic mass is 16.5. The molecule has 25 heavy (non-hydrogen) atoms. The van der Waals surface area contributed by atoms with Crippen molar-refractivity contribution in [3.05, 3.63) is 41.5 Å². The average Bonchev–Trinajstić information content (AvgIpc) is 3.22. The van der Waals surface area contributed by atoms with Crippen LogP contribution >= 0.6 is 0 Å². The van der Waals surface area contributed by atoms with Gasteiger partial charge in [0.25, 0.3) is 5.91 Å². The number of methoxy groups -OCH3 is 1. The molecule has 1 aromatic heterocycles. The van der Waals surface area contributed by atoms with Crippen molar-refractivity contribution in [1.29, 1.82) is 0 Å². The second-order valence-corrected chi connectivity index (χ2v) is 6.76. The van der Waals surface area contributed by atoms with Crippen LogP contribution in [0.1, 0.15) is 46.8 Å². The van der Waals surface area contributed by atoms with E-state index in [2.05, 4.69) is 10.1 Å². The summed E-state index contributed by atoms with van der Waals surface area (Å²) in [6.07, 6.45) is 2.21. The average molecular weight is 343 g/mol. The van der Waals surface area contributed by atoms with Crippen LogP contribution in [0.2, 0.25) is 0 Å². The Morgan fingerprint density at radius 3 is 2.96 bits per heavy atom. The maximum atomic E-state index is 12.8. The van der Waals surface area contributed by atoms with Crippen molar-refractivity contribution < 1.29 is 19.2 Å². The summed E-state index contributed by atoms with van der Waals surface area (Å²) >= 11 is 0. The van der Waals surface area contributed by atoms with E-state index in [1.807, 2.05) is 0 Å². The number of amides is 1. The van der Waals surface area contributed by atoms with E-state index in [9.17, 15) is 9.90 Å². The molecule has 2 fully saturated rings. The van der Waals surface area contributed by atoms with Crippen LogP contribution in [-0.2, 0) is 0 Å². The zero-order chi connectivity index (χ0) is 17.4. The SMILES string of the molecule is COc1cccc(C(=O)N2C[C@@H](CO)[C@H](c3nc(C4CC4)no3)C2)c1. The topological polar surface area (TPSA) is 88.7 Å². The smallest absolute Gasteiger partial charge is 0.254 e. The van der Waals surface area contributed by atoms with Gasteiger partial charge < -0.3 is 19.3 Å². The normalized spacial score (nSPS) is 23.0. The number of carbonyl (C=O) groups is 1. The second kappa shape index (κ2) is 6.48. The maximum absolute atomic E-state index is 12.8. The van der Waals surface area contributed by atoms with E-state index in [4.69, 9.17) is 9.26 Å². The van der Waals surface area contributed by atoms with Crippen molar-refractivity contribution >= 4 is 5.91 Å². The third kappa shape index (κ3) is 3.11. The fourth-order valence-electron chi connectivity index (χ4n) is 3.35. The molecule has 2 aromatic rings. The lowest BCUT2D eigenvalue weighted by atomic mass is 9.97. The van der Waals surface area contributed by atoms with E-state index in [1.54, 1.807) is 36.3 Å². The molecule has 1 aromatic carbocycles. The molecule has 0 radical (unpaired) electrons. The van der Waals surface area contributed by atoms with Crippen LogP contribution in [0.25, 0.3) is 0 Å². The molecule has 7 heteroatoms. The molecular formula is C18H21N3O4. The Bertz CT molecular complexity index is 771. The van der Waals surface area contributed by atoms with Gasteiger partial charge in [-0.25, -0.2) is 0 Å². The van der Waals surface area contributed by atoms with Gasteiger partial charge in [-0.05, 0) is 31.0 Å². The quantitative estimate of drug-likeness (QED) is 0.890. The molecule has 4 rings (SSSR count). The molecule has 1 N–H and O–H groups in total. The van der Waals surface area contributed by atoms with E-state index >= 15 is 0 Å². The number of nitrogens with zero attached hydrogens (tertiary/aromatic N) is 3. The van der Waals surface area contributed by atoms with Crippen molar-refractivity contribution in [2.24, 2.45) is 5.92 Å². The minimum Gasteiger partial charge on any atom is -0.497 e. The molecule has 1 saturated carbocycles. The second-order valence-electron chi connectivity index (χ2n) is 6.76. The highest BCUT2D eigenvalue weighted by Gasteiger charge is 2.40. The van der Waals surface area contributed by atoms with Crippen molar-refractivity contribution in [3.8, 4) is 5.75 Å². The first-order valence-corrected chi connectivity index (χ1v) is 8.57. The molecule has 0 spiro atoms. The predicted octanol–water partition coefficient (Wildman–Crippen LogP) is 1.80. The Morgan fingerprint density at radius 2 is 2.24 bits per heavy atom. The third-order valence-corrected chi connectivity index (χ3v) is 5.00. The standard InChI is InChI=1S/C18H21N3O4/c1-24-14-4-2-3-12(7-14)18(23)21-8-13(10-22)15(9-21)17-19-16(20-25-17)11-5-6-11/h2-4,7,11,13,15,22H,5-6,8-10H2,1H3/t13-,15+/m0/s1. The Kier molecular flexibility index (Phi) is 4.17. The Hall–Kier alpha value is -2.41. The monoisotopic (exact) mass is 343 g/mol. The number of likely N-dealkylation sites (tertiary alicyclic amines) is 1. The fourth-order valence-corrected chi connectivity index (χ4v) is 3.35. The summed E-state index contributed by atoms with van der Waals surface area (Å²) in [7, 11) is 1.57. The summed E-state index contributed by atoms with van der Waals surface area (Å²) in [6.45, 7) is 0.916. The fraction of sp³-hybridized carbons (Fsp3) is 0.500. The minimum absolute atomic E-state index is 0.0201. The lowest BCUT2D eigenvalue weighted by Gasteiger charge is -2.16. The van der Waals surface area contributed by atoms with Crippen molar-refractivity contribution in [2.45, 2.75) is 24.7 Å². The molecule has 2 heterocycles. The van der Waals surface area contributed by atoms with Gasteiger partial charge in [0, 0.05) is 37.1 Å². The van der Waals surface area contributed by atoms with E-state index in [1.165, 1.54) is 0 Å². The van der Waals surface area contributed by atoms with Gasteiger partial charge in [-0.3, -0.25) is 4.79 Å². The highest BCUT2D eigenvalue weighted by Crippen LogP contribution is 2.40. The van der Waals surface area contributed by atoms with Crippen LogP contribution in [-0.4, -0.2) is 52.9 Å². The lowest BCUT2D eigenvalue weighted by molar-refractivity contribution is 0.0780. The summed E-state index contributed by atoms with van der Waals surface area (Å²) in [5, 5.41) is 13.8. The first kappa shape index (κ1) is 16.1. The van der Waals surface area contributed by atoms with Crippen molar-refractivity contribution in [1.82, 2.24) is 15.0 Å². The number of hydrogen-bond donors (Lipinski definition) is 1. The molecule has 2 atom stereocenters. The number of ether oxygens (including phenoxy) is 1. The van der Waals surface area contributed by atoms with E-state index in [0.717, 1.165) is 18.7 Å². The predicted molar refractivity (Wildman–Crippen MR) is 88.5 cm³/mol. The molecule has 2 aliphatic rings. The van der Waals surface area contributed by atoms with Crippen molar-refractivity contribution in [2.75, 3.05) is 26.8 Å². The number of aliphatic hydroxyl groups is 1. The summed E-state index contributed by atoms with van der Waals surface area (Å²) in [4.78, 5) is 19.0. The molecule has 1 aliphatic heterocycles. The van der Waals surface area contributed by atoms with Gasteiger partial charge in [-0.2, -0.15) is 4.98 Å². The third-order valence-electron chi connectivity index (χ3n) is 5.00. The number of carbonyl (C=O) groups excluding carboxylic acids is 1. The van der Waals surface area contributed by atoms with Gasteiger partial charge in [0.05, 0.1) is 13.0 Å². The largest absolute Gasteiger partial charge is 0.497 e. The van der Waals surface area contributed by atoms with Gasteiger partial charge in [0.15, 0.2) is 5.82 Å². The van der Waals surface area contributed by atoms with Gasteiger partial charge in [-0.15, -0.1) is 0 Å². The van der Waals surface area contributed by atoms with Crippen LogP contribution in [0.3, 0.4) is 0 Å². The van der Waals surface area contributed by atoms with Gasteiger partial charge in [0.2, 0.25) is 5.89 Å². The Balaban J connectivity index is 1.52. The molecule has 132 valence electrons. The zero-order valence-electron chi connectivity index (χ0n) is 14.1. The van der Waals surface area contributed by atoms with Gasteiger partial charge in [-0.1, -0.05) is 11.2 Å². The number of aromatic nitrogens is 2. The summed E-state index contributed by atoms with van der Waals surface area (Å²) in [5.74, 6) is 2.04. The summed E-state index contributed by atoms with van der Waals surface area (Å²) in [5.41, 5.74) is 0.570. The molecule has 7 nitrogen and oxygen atoms in total. The first-order chi connectivity index (χ1) is 12.2. The van der Waals surface area contributed by atoms with Crippen LogP contribution < -0.4 is 4.74 Å². The Morgan fingerprint density at radius 1 is 1.40 bits per heavy atom. The van der Waals surface area contributed by atoms with Crippen LogP contribution in [0, 0.1) is 5.92 Å². The molecule has 0 bridgehead atoms. The maximum Gasteiger partial charge on any atom is 0.254 e. The number of hydrogen-bond acceptors (Lipinski definition) is 6. The molecule has 1 amide bonds. The molecule has 1 saturated heterocycles. The molecule has 0 unspecified atom stereocenters. The lowest BCUT2D eigenvalue weighted by Crippen LogP contribution is -2.29. The van der Waals surface area contributed by atoms with E-state index < -0.39 is 0 Å². The van der Waals surface area contributed by atoms with Crippen LogP contribution in [0.4, 0.5) is 0 Å². The Labute approximate surface area is 145 Å². The highest BCUT2D eigenvalue weighted by molar-refractivity contribution is 5.94. The van der Waals surface area contributed by atoms with Crippen LogP contribution in [0.15, 0.2) is 28.8 Å². The number of benzene rings is 1. The zero-order valence-corrected chi connectivity index (χ0v) is 14.1. The summed E-state index contributed by atoms with van der Waals surface area (Å²) < 4.78 is 10.6. The van der Waals surface area contributed by atoms with E-state index in [-0.39, 0.29) is 24.3 Å². The first-order valence-electron chi connectivity index (χ1n) is 8.57. The van der Waals surface area contributed by atoms with Gasteiger partial charge in [0.1, 0.15) is 5.75 Å². The van der Waals surface area contributed by atoms with E-state index in [0.29, 0.717) is 36.2 Å².